The number of pyridine rings is 1. The van der Waals surface area contributed by atoms with Gasteiger partial charge in [0.15, 0.2) is 6.61 Å². The zero-order valence-corrected chi connectivity index (χ0v) is 25.6. The highest BCUT2D eigenvalue weighted by Gasteiger charge is 2.40. The molecule has 2 heterocycles. The Morgan fingerprint density at radius 3 is 2.30 bits per heavy atom. The maximum absolute atomic E-state index is 13.7. The third-order valence-corrected chi connectivity index (χ3v) is 7.57. The largest absolute Gasteiger partial charge is 0.484 e. The zero-order valence-electron chi connectivity index (χ0n) is 25.6. The molecule has 1 aromatic carbocycles. The van der Waals surface area contributed by atoms with E-state index >= 15 is 0 Å². The smallest absolute Gasteiger partial charge is 0.258 e. The molecule has 12 heteroatoms. The van der Waals surface area contributed by atoms with Crippen molar-refractivity contribution in [2.75, 3.05) is 6.61 Å². The molecule has 0 saturated carbocycles. The lowest BCUT2D eigenvalue weighted by Crippen LogP contribution is -2.58. The van der Waals surface area contributed by atoms with Crippen LogP contribution in [0, 0.1) is 17.8 Å². The second-order valence-corrected chi connectivity index (χ2v) is 11.2. The molecule has 2 aromatic heterocycles. The van der Waals surface area contributed by atoms with Crippen molar-refractivity contribution in [2.45, 2.75) is 71.4 Å². The first-order valence-electron chi connectivity index (χ1n) is 14.9. The number of nitrogens with zero attached hydrogens (tertiary/aromatic N) is 2. The number of aliphatic hydroxyl groups excluding tert-OH is 2. The summed E-state index contributed by atoms with van der Waals surface area (Å²) in [6.07, 6.45) is 2.24. The Bertz CT molecular complexity index is 1290. The Labute approximate surface area is 258 Å². The molecule has 2 unspecified atom stereocenters. The van der Waals surface area contributed by atoms with Gasteiger partial charge in [-0.1, -0.05) is 58.4 Å². The molecule has 44 heavy (non-hydrogen) atoms. The molecular formula is C32H44N6O6. The molecule has 3 amide bonds. The van der Waals surface area contributed by atoms with Crippen molar-refractivity contribution >= 4 is 17.7 Å². The number of carbonyl (C=O) groups is 3. The predicted molar refractivity (Wildman–Crippen MR) is 164 cm³/mol. The second-order valence-electron chi connectivity index (χ2n) is 11.2. The molecule has 0 saturated heterocycles. The van der Waals surface area contributed by atoms with Gasteiger partial charge in [-0.15, -0.1) is 0 Å². The van der Waals surface area contributed by atoms with Gasteiger partial charge in [0.2, 0.25) is 11.8 Å². The highest BCUT2D eigenvalue weighted by Crippen LogP contribution is 2.23. The van der Waals surface area contributed by atoms with Gasteiger partial charge in [0.1, 0.15) is 17.9 Å². The summed E-state index contributed by atoms with van der Waals surface area (Å²) in [6.45, 7) is 7.14. The number of aromatic nitrogens is 3. The van der Waals surface area contributed by atoms with Gasteiger partial charge < -0.3 is 35.9 Å². The summed E-state index contributed by atoms with van der Waals surface area (Å²) in [6, 6.07) is 12.3. The van der Waals surface area contributed by atoms with Crippen molar-refractivity contribution in [2.24, 2.45) is 17.8 Å². The van der Waals surface area contributed by atoms with Crippen molar-refractivity contribution in [1.29, 1.82) is 0 Å². The molecule has 0 aliphatic carbocycles. The number of imidazole rings is 1. The number of aliphatic hydroxyl groups is 2. The van der Waals surface area contributed by atoms with E-state index in [1.165, 1.54) is 6.33 Å². The summed E-state index contributed by atoms with van der Waals surface area (Å²) in [5.41, 5.74) is 1.28. The molecule has 0 aliphatic heterocycles. The molecule has 6 atom stereocenters. The number of nitrogens with one attached hydrogen (secondary N) is 4. The van der Waals surface area contributed by atoms with E-state index in [9.17, 15) is 24.6 Å². The SMILES string of the molecule is CC[C@H](C)[C@H](NC(=O)[C@@H](C(C)C)C(O)C(O)[C@H](Cc1cnc[nH]1)NC(=O)COc1ccccc1)C(=O)NCc1ccccn1. The van der Waals surface area contributed by atoms with Gasteiger partial charge in [0.05, 0.1) is 36.6 Å². The number of benzene rings is 1. The molecule has 0 bridgehead atoms. The van der Waals surface area contributed by atoms with E-state index in [0.717, 1.165) is 0 Å². The normalized spacial score (nSPS) is 15.3. The van der Waals surface area contributed by atoms with Crippen molar-refractivity contribution in [3.63, 3.8) is 0 Å². The topological polar surface area (TPSA) is 179 Å². The number of hydrogen-bond acceptors (Lipinski definition) is 8. The van der Waals surface area contributed by atoms with Gasteiger partial charge in [0.25, 0.3) is 5.91 Å². The average Bonchev–Trinajstić information content (AvgIpc) is 3.54. The minimum atomic E-state index is -1.58. The summed E-state index contributed by atoms with van der Waals surface area (Å²) in [4.78, 5) is 50.8. The second kappa shape index (κ2) is 17.1. The molecule has 238 valence electrons. The quantitative estimate of drug-likeness (QED) is 0.134. The first kappa shape index (κ1) is 34.2. The van der Waals surface area contributed by atoms with Crippen LogP contribution in [0.15, 0.2) is 67.3 Å². The number of rotatable bonds is 17. The van der Waals surface area contributed by atoms with Crippen LogP contribution in [0.4, 0.5) is 0 Å². The molecule has 6 N–H and O–H groups in total. The van der Waals surface area contributed by atoms with Crippen LogP contribution in [0.25, 0.3) is 0 Å². The van der Waals surface area contributed by atoms with Crippen LogP contribution in [0.2, 0.25) is 0 Å². The van der Waals surface area contributed by atoms with E-state index in [-0.39, 0.29) is 31.4 Å². The van der Waals surface area contributed by atoms with E-state index in [1.54, 1.807) is 62.6 Å². The third kappa shape index (κ3) is 10.2. The van der Waals surface area contributed by atoms with Crippen LogP contribution in [0.3, 0.4) is 0 Å². The number of hydrogen-bond donors (Lipinski definition) is 6. The van der Waals surface area contributed by atoms with Crippen LogP contribution in [0.1, 0.15) is 45.5 Å². The minimum absolute atomic E-state index is 0.104. The lowest BCUT2D eigenvalue weighted by molar-refractivity contribution is -0.140. The lowest BCUT2D eigenvalue weighted by Gasteiger charge is -2.34. The molecule has 0 fully saturated rings. The zero-order chi connectivity index (χ0) is 32.1. The number of amides is 3. The van der Waals surface area contributed by atoms with Gasteiger partial charge in [-0.25, -0.2) is 4.98 Å². The first-order chi connectivity index (χ1) is 21.1. The van der Waals surface area contributed by atoms with Crippen molar-refractivity contribution in [3.05, 3.63) is 78.6 Å². The number of aromatic amines is 1. The highest BCUT2D eigenvalue weighted by atomic mass is 16.5. The van der Waals surface area contributed by atoms with Crippen LogP contribution < -0.4 is 20.7 Å². The van der Waals surface area contributed by atoms with E-state index in [4.69, 9.17) is 4.74 Å². The summed E-state index contributed by atoms with van der Waals surface area (Å²) < 4.78 is 5.53. The third-order valence-electron chi connectivity index (χ3n) is 7.57. The Kier molecular flexibility index (Phi) is 13.3. The number of H-pyrrole nitrogens is 1. The molecule has 3 rings (SSSR count). The van der Waals surface area contributed by atoms with Crippen molar-refractivity contribution in [3.8, 4) is 5.75 Å². The molecule has 0 radical (unpaired) electrons. The van der Waals surface area contributed by atoms with Gasteiger partial charge in [-0.05, 0) is 36.1 Å². The van der Waals surface area contributed by atoms with Gasteiger partial charge >= 0.3 is 0 Å². The predicted octanol–water partition coefficient (Wildman–Crippen LogP) is 1.75. The molecule has 12 nitrogen and oxygen atoms in total. The summed E-state index contributed by atoms with van der Waals surface area (Å²) in [5.74, 6) is -2.70. The fraction of sp³-hybridized carbons (Fsp3) is 0.469. The number of para-hydroxylation sites is 1. The Balaban J connectivity index is 1.73. The maximum atomic E-state index is 13.7. The average molecular weight is 609 g/mol. The van der Waals surface area contributed by atoms with E-state index in [2.05, 4.69) is 30.9 Å². The van der Waals surface area contributed by atoms with Gasteiger partial charge in [-0.2, -0.15) is 0 Å². The maximum Gasteiger partial charge on any atom is 0.258 e. The standard InChI is InChI=1S/C32H44N6O6/c1-5-21(4)28(32(43)35-17-22-11-9-10-14-34-22)38-31(42)27(20(2)3)30(41)29(40)25(15-23-16-33-19-36-23)37-26(39)18-44-24-12-7-6-8-13-24/h6-14,16,19-21,25,27-30,40-41H,5,15,17-18H2,1-4H3,(H,33,36)(H,35,43)(H,37,39)(H,38,42)/t21-,25-,27-,28-,29?,30?/m0/s1. The molecule has 0 aliphatic rings. The summed E-state index contributed by atoms with van der Waals surface area (Å²) in [5, 5.41) is 31.2. The fourth-order valence-corrected chi connectivity index (χ4v) is 4.85. The number of carbonyl (C=O) groups excluding carboxylic acids is 3. The molecule has 0 spiro atoms. The van der Waals surface area contributed by atoms with Crippen molar-refractivity contribution < 1.29 is 29.3 Å². The van der Waals surface area contributed by atoms with Crippen LogP contribution in [-0.2, 0) is 27.3 Å². The summed E-state index contributed by atoms with van der Waals surface area (Å²) >= 11 is 0. The van der Waals surface area contributed by atoms with Crippen LogP contribution >= 0.6 is 0 Å². The minimum Gasteiger partial charge on any atom is -0.484 e. The number of ether oxygens (including phenoxy) is 1. The fourth-order valence-electron chi connectivity index (χ4n) is 4.85. The van der Waals surface area contributed by atoms with E-state index in [0.29, 0.717) is 23.6 Å². The summed E-state index contributed by atoms with van der Waals surface area (Å²) in [7, 11) is 0. The van der Waals surface area contributed by atoms with E-state index < -0.39 is 47.9 Å². The Hall–Kier alpha value is -4.29. The van der Waals surface area contributed by atoms with Gasteiger partial charge in [0, 0.05) is 24.5 Å². The first-order valence-corrected chi connectivity index (χ1v) is 14.9. The van der Waals surface area contributed by atoms with Crippen LogP contribution in [-0.4, -0.2) is 73.8 Å². The van der Waals surface area contributed by atoms with Crippen molar-refractivity contribution in [1.82, 2.24) is 30.9 Å². The Morgan fingerprint density at radius 1 is 0.955 bits per heavy atom. The Morgan fingerprint density at radius 2 is 1.68 bits per heavy atom. The lowest BCUT2D eigenvalue weighted by atomic mass is 9.83. The monoisotopic (exact) mass is 608 g/mol. The molecule has 3 aromatic rings. The highest BCUT2D eigenvalue weighted by molar-refractivity contribution is 5.89. The van der Waals surface area contributed by atoms with E-state index in [1.807, 2.05) is 26.0 Å². The molecular weight excluding hydrogens is 564 g/mol. The van der Waals surface area contributed by atoms with Crippen LogP contribution in [0.5, 0.6) is 5.75 Å². The van der Waals surface area contributed by atoms with Gasteiger partial charge in [-0.3, -0.25) is 19.4 Å².